The van der Waals surface area contributed by atoms with Gasteiger partial charge in [0.1, 0.15) is 5.69 Å². The standard InChI is InChI=1S/C12H15N3O2S/c1-7(2)10(13)11(16)15-12-14-8(6-18-12)9-4-3-5-17-9/h3-7,10H,13H2,1-2H3,(H,14,15,16)/t10-/m0/s1. The number of rotatable bonds is 4. The van der Waals surface area contributed by atoms with Crippen LogP contribution in [0.1, 0.15) is 13.8 Å². The Balaban J connectivity index is 2.05. The summed E-state index contributed by atoms with van der Waals surface area (Å²) in [5.41, 5.74) is 6.46. The molecule has 2 aromatic heterocycles. The molecule has 0 bridgehead atoms. The Kier molecular flexibility index (Phi) is 3.78. The van der Waals surface area contributed by atoms with Crippen molar-refractivity contribution in [1.29, 1.82) is 0 Å². The van der Waals surface area contributed by atoms with Crippen LogP contribution < -0.4 is 11.1 Å². The van der Waals surface area contributed by atoms with E-state index in [1.807, 2.05) is 25.3 Å². The third-order valence-corrected chi connectivity index (χ3v) is 3.29. The Bertz CT molecular complexity index is 519. The molecule has 2 rings (SSSR count). The smallest absolute Gasteiger partial charge is 0.243 e. The van der Waals surface area contributed by atoms with E-state index in [1.165, 1.54) is 11.3 Å². The summed E-state index contributed by atoms with van der Waals surface area (Å²) < 4.78 is 5.23. The van der Waals surface area contributed by atoms with Gasteiger partial charge in [-0.3, -0.25) is 4.79 Å². The van der Waals surface area contributed by atoms with Crippen LogP contribution >= 0.6 is 11.3 Å². The maximum absolute atomic E-state index is 11.8. The van der Waals surface area contributed by atoms with Crippen molar-refractivity contribution in [2.24, 2.45) is 11.7 Å². The first-order valence-corrected chi connectivity index (χ1v) is 6.51. The van der Waals surface area contributed by atoms with Gasteiger partial charge in [0.25, 0.3) is 0 Å². The number of nitrogens with zero attached hydrogens (tertiary/aromatic N) is 1. The number of anilines is 1. The van der Waals surface area contributed by atoms with Crippen LogP contribution in [0.2, 0.25) is 0 Å². The summed E-state index contributed by atoms with van der Waals surface area (Å²) in [7, 11) is 0. The lowest BCUT2D eigenvalue weighted by Crippen LogP contribution is -2.39. The van der Waals surface area contributed by atoms with Gasteiger partial charge in [0, 0.05) is 5.38 Å². The maximum atomic E-state index is 11.8. The van der Waals surface area contributed by atoms with Crippen molar-refractivity contribution in [2.45, 2.75) is 19.9 Å². The van der Waals surface area contributed by atoms with E-state index in [9.17, 15) is 4.79 Å². The van der Waals surface area contributed by atoms with E-state index in [-0.39, 0.29) is 11.8 Å². The summed E-state index contributed by atoms with van der Waals surface area (Å²) in [5.74, 6) is 0.555. The number of carbonyl (C=O) groups excluding carboxylic acids is 1. The first kappa shape index (κ1) is 12.8. The minimum atomic E-state index is -0.527. The highest BCUT2D eigenvalue weighted by molar-refractivity contribution is 7.14. The normalized spacial score (nSPS) is 12.7. The summed E-state index contributed by atoms with van der Waals surface area (Å²) in [6, 6.07) is 3.09. The Labute approximate surface area is 109 Å². The van der Waals surface area contributed by atoms with Gasteiger partial charge in [-0.05, 0) is 18.1 Å². The average molecular weight is 265 g/mol. The minimum absolute atomic E-state index is 0.0921. The van der Waals surface area contributed by atoms with Crippen LogP contribution in [-0.4, -0.2) is 16.9 Å². The van der Waals surface area contributed by atoms with E-state index in [2.05, 4.69) is 10.3 Å². The molecule has 1 atom stereocenters. The first-order valence-electron chi connectivity index (χ1n) is 5.64. The monoisotopic (exact) mass is 265 g/mol. The number of hydrogen-bond donors (Lipinski definition) is 2. The third kappa shape index (κ3) is 2.77. The number of aromatic nitrogens is 1. The van der Waals surface area contributed by atoms with Crippen molar-refractivity contribution in [3.63, 3.8) is 0 Å². The average Bonchev–Trinajstić information content (AvgIpc) is 2.96. The maximum Gasteiger partial charge on any atom is 0.243 e. The zero-order valence-electron chi connectivity index (χ0n) is 10.2. The van der Waals surface area contributed by atoms with Gasteiger partial charge in [0.2, 0.25) is 5.91 Å². The molecule has 0 radical (unpaired) electrons. The van der Waals surface area contributed by atoms with Gasteiger partial charge >= 0.3 is 0 Å². The van der Waals surface area contributed by atoms with Gasteiger partial charge < -0.3 is 15.5 Å². The van der Waals surface area contributed by atoms with E-state index in [0.29, 0.717) is 16.6 Å². The molecule has 0 spiro atoms. The van der Waals surface area contributed by atoms with Crippen molar-refractivity contribution in [2.75, 3.05) is 5.32 Å². The number of hydrogen-bond acceptors (Lipinski definition) is 5. The van der Waals surface area contributed by atoms with Gasteiger partial charge in [-0.1, -0.05) is 13.8 Å². The predicted molar refractivity (Wildman–Crippen MR) is 71.3 cm³/mol. The molecule has 18 heavy (non-hydrogen) atoms. The highest BCUT2D eigenvalue weighted by atomic mass is 32.1. The van der Waals surface area contributed by atoms with Crippen LogP contribution in [0.25, 0.3) is 11.5 Å². The zero-order valence-corrected chi connectivity index (χ0v) is 11.0. The molecule has 0 aliphatic heterocycles. The number of thiazole rings is 1. The molecule has 96 valence electrons. The second-order valence-electron chi connectivity index (χ2n) is 4.27. The predicted octanol–water partition coefficient (Wildman–Crippen LogP) is 2.32. The van der Waals surface area contributed by atoms with E-state index < -0.39 is 6.04 Å². The van der Waals surface area contributed by atoms with Gasteiger partial charge in [0.05, 0.1) is 12.3 Å². The third-order valence-electron chi connectivity index (χ3n) is 2.53. The fraction of sp³-hybridized carbons (Fsp3) is 0.333. The Hall–Kier alpha value is -1.66. The number of nitrogens with one attached hydrogen (secondary N) is 1. The fourth-order valence-corrected chi connectivity index (χ4v) is 2.06. The minimum Gasteiger partial charge on any atom is -0.463 e. The van der Waals surface area contributed by atoms with E-state index in [0.717, 1.165) is 0 Å². The molecule has 2 heterocycles. The Morgan fingerprint density at radius 3 is 2.94 bits per heavy atom. The van der Waals surface area contributed by atoms with Crippen molar-refractivity contribution in [3.05, 3.63) is 23.8 Å². The summed E-state index contributed by atoms with van der Waals surface area (Å²) in [5, 5.41) is 5.07. The molecule has 0 unspecified atom stereocenters. The molecule has 0 saturated heterocycles. The summed E-state index contributed by atoms with van der Waals surface area (Å²) in [6.45, 7) is 3.81. The molecule has 0 aliphatic rings. The number of furan rings is 1. The molecule has 1 amide bonds. The first-order chi connectivity index (χ1) is 8.58. The molecular formula is C12H15N3O2S. The van der Waals surface area contributed by atoms with Crippen molar-refractivity contribution < 1.29 is 9.21 Å². The van der Waals surface area contributed by atoms with Crippen LogP contribution in [0.3, 0.4) is 0 Å². The van der Waals surface area contributed by atoms with Crippen molar-refractivity contribution in [1.82, 2.24) is 4.98 Å². The van der Waals surface area contributed by atoms with Crippen molar-refractivity contribution in [3.8, 4) is 11.5 Å². The molecular weight excluding hydrogens is 250 g/mol. The summed E-state index contributed by atoms with van der Waals surface area (Å²) in [4.78, 5) is 16.0. The number of nitrogens with two attached hydrogens (primary N) is 1. The topological polar surface area (TPSA) is 81.2 Å². The van der Waals surface area contributed by atoms with Gasteiger partial charge in [-0.15, -0.1) is 11.3 Å². The quantitative estimate of drug-likeness (QED) is 0.889. The molecule has 0 aromatic carbocycles. The zero-order chi connectivity index (χ0) is 13.1. The fourth-order valence-electron chi connectivity index (χ4n) is 1.36. The lowest BCUT2D eigenvalue weighted by molar-refractivity contribution is -0.118. The van der Waals surface area contributed by atoms with Gasteiger partial charge in [0.15, 0.2) is 10.9 Å². The molecule has 3 N–H and O–H groups in total. The van der Waals surface area contributed by atoms with Crippen LogP contribution in [0.4, 0.5) is 5.13 Å². The largest absolute Gasteiger partial charge is 0.463 e. The highest BCUT2D eigenvalue weighted by Crippen LogP contribution is 2.25. The second kappa shape index (κ2) is 5.32. The SMILES string of the molecule is CC(C)[C@H](N)C(=O)Nc1nc(-c2ccco2)cs1. The Morgan fingerprint density at radius 1 is 1.56 bits per heavy atom. The van der Waals surface area contributed by atoms with E-state index >= 15 is 0 Å². The summed E-state index contributed by atoms with van der Waals surface area (Å²) in [6.07, 6.45) is 1.58. The second-order valence-corrected chi connectivity index (χ2v) is 5.13. The molecule has 0 aliphatic carbocycles. The molecule has 5 nitrogen and oxygen atoms in total. The van der Waals surface area contributed by atoms with Gasteiger partial charge in [-0.25, -0.2) is 4.98 Å². The molecule has 0 saturated carbocycles. The highest BCUT2D eigenvalue weighted by Gasteiger charge is 2.18. The summed E-state index contributed by atoms with van der Waals surface area (Å²) >= 11 is 1.35. The Morgan fingerprint density at radius 2 is 2.33 bits per heavy atom. The molecule has 0 fully saturated rings. The van der Waals surface area contributed by atoms with Crippen LogP contribution in [-0.2, 0) is 4.79 Å². The van der Waals surface area contributed by atoms with Crippen LogP contribution in [0, 0.1) is 5.92 Å². The van der Waals surface area contributed by atoms with Crippen LogP contribution in [0.5, 0.6) is 0 Å². The lowest BCUT2D eigenvalue weighted by Gasteiger charge is -2.13. The van der Waals surface area contributed by atoms with E-state index in [4.69, 9.17) is 10.2 Å². The van der Waals surface area contributed by atoms with E-state index in [1.54, 1.807) is 12.3 Å². The molecule has 2 aromatic rings. The van der Waals surface area contributed by atoms with Crippen molar-refractivity contribution >= 4 is 22.4 Å². The van der Waals surface area contributed by atoms with Crippen LogP contribution in [0.15, 0.2) is 28.2 Å². The molecule has 6 heteroatoms. The van der Waals surface area contributed by atoms with Gasteiger partial charge in [-0.2, -0.15) is 0 Å². The number of carbonyl (C=O) groups is 1. The lowest BCUT2D eigenvalue weighted by atomic mass is 10.1. The number of amides is 1.